The molecule has 0 aliphatic carbocycles. The van der Waals surface area contributed by atoms with Gasteiger partial charge in [0, 0.05) is 0 Å². The van der Waals surface area contributed by atoms with Gasteiger partial charge in [-0.2, -0.15) is 7.82 Å². The van der Waals surface area contributed by atoms with Crippen molar-refractivity contribution in [2.24, 2.45) is 0 Å². The van der Waals surface area contributed by atoms with E-state index < -0.39 is 7.82 Å². The van der Waals surface area contributed by atoms with Crippen molar-refractivity contribution in [2.45, 2.75) is 0 Å². The van der Waals surface area contributed by atoms with Crippen molar-refractivity contribution >= 4 is 7.82 Å². The summed E-state index contributed by atoms with van der Waals surface area (Å²) in [6.07, 6.45) is 0. The largest absolute Gasteiger partial charge is 1.00 e. The van der Waals surface area contributed by atoms with Crippen LogP contribution in [0.4, 0.5) is 0 Å². The maximum atomic E-state index is 8.55. The molecule has 0 heterocycles. The van der Waals surface area contributed by atoms with Crippen LogP contribution in [0.3, 0.4) is 0 Å². The SMILES string of the molecule is O=P([O-])([O-])[O-].[K+].[K+].[K+].[K+]. The molecule has 0 N–H and O–H groups in total. The third kappa shape index (κ3) is 53.0. The van der Waals surface area contributed by atoms with Gasteiger partial charge in [-0.15, -0.1) is 0 Å². The molecule has 9 heavy (non-hydrogen) atoms. The van der Waals surface area contributed by atoms with Crippen molar-refractivity contribution in [2.75, 3.05) is 0 Å². The standard InChI is InChI=1S/4K.H3O4P/c;;;;1-5(2,3)4/h;;;;(H3,1,2,3,4)/q4*+1;/p-3. The third-order valence-electron chi connectivity index (χ3n) is 0. The van der Waals surface area contributed by atoms with Gasteiger partial charge >= 0.3 is 206 Å². The molecule has 4 nitrogen and oxygen atoms in total. The topological polar surface area (TPSA) is 86.2 Å². The number of hydrogen-bond donors (Lipinski definition) is 0. The molecule has 0 aromatic heterocycles. The average molecular weight is 251 g/mol. The Bertz CT molecular complexity index is 58.7. The van der Waals surface area contributed by atoms with Crippen LogP contribution < -0.4 is 220 Å². The quantitative estimate of drug-likeness (QED) is 0.316. The second-order valence-corrected chi connectivity index (χ2v) is 1.34. The van der Waals surface area contributed by atoms with E-state index in [0.717, 1.165) is 0 Å². The zero-order valence-electron chi connectivity index (χ0n) is 6.08. The van der Waals surface area contributed by atoms with Crippen LogP contribution in [0.1, 0.15) is 0 Å². The summed E-state index contributed by atoms with van der Waals surface area (Å²) < 4.78 is 8.55. The van der Waals surface area contributed by atoms with Crippen LogP contribution >= 0.6 is 7.82 Å². The van der Waals surface area contributed by atoms with Gasteiger partial charge in [0.1, 0.15) is 0 Å². The first-order valence-corrected chi connectivity index (χ1v) is 2.19. The maximum absolute atomic E-state index is 8.55. The Labute approximate surface area is 224 Å². The summed E-state index contributed by atoms with van der Waals surface area (Å²) in [5, 5.41) is 0. The van der Waals surface area contributed by atoms with Crippen molar-refractivity contribution in [3.05, 3.63) is 0 Å². The Morgan fingerprint density at radius 3 is 0.778 bits per heavy atom. The fraction of sp³-hybridized carbons (Fsp3) is 0. The minimum atomic E-state index is -5.39. The molecule has 0 aliphatic rings. The van der Waals surface area contributed by atoms with Gasteiger partial charge in [0.2, 0.25) is 0 Å². The molecule has 0 atom stereocenters. The molecule has 0 saturated heterocycles. The Balaban J connectivity index is -0.0000000133. The fourth-order valence-corrected chi connectivity index (χ4v) is 0. The van der Waals surface area contributed by atoms with Gasteiger partial charge in [0.05, 0.1) is 0 Å². The normalized spacial score (nSPS) is 6.56. The van der Waals surface area contributed by atoms with Crippen molar-refractivity contribution in [3.8, 4) is 0 Å². The Kier molecular flexibility index (Phi) is 56.1. The summed E-state index contributed by atoms with van der Waals surface area (Å²) in [4.78, 5) is 25.6. The van der Waals surface area contributed by atoms with Crippen LogP contribution in [0.5, 0.6) is 0 Å². The number of rotatable bonds is 0. The molecular weight excluding hydrogens is 251 g/mol. The van der Waals surface area contributed by atoms with E-state index in [0.29, 0.717) is 0 Å². The summed E-state index contributed by atoms with van der Waals surface area (Å²) in [5.74, 6) is 0. The van der Waals surface area contributed by atoms with E-state index in [2.05, 4.69) is 0 Å². The zero-order chi connectivity index (χ0) is 4.50. The summed E-state index contributed by atoms with van der Waals surface area (Å²) in [5.41, 5.74) is 0. The monoisotopic (exact) mass is 251 g/mol. The minimum absolute atomic E-state index is 0. The molecule has 0 unspecified atom stereocenters. The van der Waals surface area contributed by atoms with Crippen molar-refractivity contribution in [1.29, 1.82) is 0 Å². The van der Waals surface area contributed by atoms with Gasteiger partial charge in [-0.05, 0) is 0 Å². The first-order chi connectivity index (χ1) is 2.00. The van der Waals surface area contributed by atoms with Crippen LogP contribution in [0, 0.1) is 0 Å². The summed E-state index contributed by atoms with van der Waals surface area (Å²) in [7, 11) is -5.39. The summed E-state index contributed by atoms with van der Waals surface area (Å²) in [6.45, 7) is 0. The van der Waals surface area contributed by atoms with E-state index in [1.54, 1.807) is 0 Å². The average Bonchev–Trinajstić information content (AvgIpc) is 0.722. The Morgan fingerprint density at radius 2 is 0.778 bits per heavy atom. The molecule has 0 aromatic carbocycles. The molecule has 0 aromatic rings. The van der Waals surface area contributed by atoms with Crippen LogP contribution in [0.2, 0.25) is 0 Å². The van der Waals surface area contributed by atoms with Crippen LogP contribution in [-0.4, -0.2) is 0 Å². The van der Waals surface area contributed by atoms with Gasteiger partial charge in [-0.3, -0.25) is 0 Å². The van der Waals surface area contributed by atoms with Crippen LogP contribution in [-0.2, 0) is 4.57 Å². The second kappa shape index (κ2) is 17.1. The first kappa shape index (κ1) is 29.6. The van der Waals surface area contributed by atoms with E-state index in [1.165, 1.54) is 0 Å². The molecule has 0 saturated carbocycles. The molecule has 0 amide bonds. The van der Waals surface area contributed by atoms with Crippen molar-refractivity contribution in [3.63, 3.8) is 0 Å². The van der Waals surface area contributed by atoms with E-state index >= 15 is 0 Å². The third-order valence-corrected chi connectivity index (χ3v) is 0. The predicted octanol–water partition coefficient (Wildman–Crippen LogP) is -14.8. The molecule has 0 fully saturated rings. The van der Waals surface area contributed by atoms with Gasteiger partial charge in [-0.25, -0.2) is 0 Å². The molecule has 0 rings (SSSR count). The van der Waals surface area contributed by atoms with E-state index in [9.17, 15) is 0 Å². The summed E-state index contributed by atoms with van der Waals surface area (Å²) in [6, 6.07) is 0. The molecule has 32 valence electrons. The van der Waals surface area contributed by atoms with Gasteiger partial charge < -0.3 is 19.2 Å². The number of hydrogen-bond acceptors (Lipinski definition) is 4. The molecule has 9 heteroatoms. The minimum Gasteiger partial charge on any atom is -0.822 e. The van der Waals surface area contributed by atoms with E-state index in [1.807, 2.05) is 0 Å². The van der Waals surface area contributed by atoms with E-state index in [-0.39, 0.29) is 206 Å². The van der Waals surface area contributed by atoms with E-state index in [4.69, 9.17) is 19.2 Å². The second-order valence-electron chi connectivity index (χ2n) is 0.447. The fourth-order valence-electron chi connectivity index (χ4n) is 0. The molecular formula is K4O4P+. The smallest absolute Gasteiger partial charge is 0.822 e. The molecule has 0 bridgehead atoms. The van der Waals surface area contributed by atoms with Crippen LogP contribution in [0.15, 0.2) is 0 Å². The zero-order valence-corrected chi connectivity index (χ0v) is 19.5. The molecule has 0 spiro atoms. The molecule has 0 radical (unpaired) electrons. The first-order valence-electron chi connectivity index (χ1n) is 0.730. The predicted molar refractivity (Wildman–Crippen MR) is 7.61 cm³/mol. The van der Waals surface area contributed by atoms with Crippen molar-refractivity contribution in [1.82, 2.24) is 0 Å². The Morgan fingerprint density at radius 1 is 0.778 bits per heavy atom. The van der Waals surface area contributed by atoms with Crippen LogP contribution in [0.25, 0.3) is 0 Å². The maximum Gasteiger partial charge on any atom is 1.00 e. The van der Waals surface area contributed by atoms with Gasteiger partial charge in [0.25, 0.3) is 0 Å². The van der Waals surface area contributed by atoms with Gasteiger partial charge in [-0.1, -0.05) is 0 Å². The Hall–Kier alpha value is 6.66. The van der Waals surface area contributed by atoms with Crippen molar-refractivity contribution < 1.29 is 225 Å². The van der Waals surface area contributed by atoms with Gasteiger partial charge in [0.15, 0.2) is 0 Å². The molecule has 0 aliphatic heterocycles. The number of phosphoric acid groups is 1. The summed E-state index contributed by atoms with van der Waals surface area (Å²) >= 11 is 0.